The minimum absolute atomic E-state index is 0.00501. The van der Waals surface area contributed by atoms with Crippen molar-refractivity contribution in [1.29, 1.82) is 0 Å². The number of likely N-dealkylation sites (tertiary alicyclic amines) is 1. The summed E-state index contributed by atoms with van der Waals surface area (Å²) in [6.07, 6.45) is 2.19. The number of rotatable bonds is 2. The van der Waals surface area contributed by atoms with Crippen LogP contribution in [0.3, 0.4) is 0 Å². The first-order chi connectivity index (χ1) is 9.80. The van der Waals surface area contributed by atoms with Crippen molar-refractivity contribution in [3.63, 3.8) is 0 Å². The number of halogens is 1. The van der Waals surface area contributed by atoms with Crippen LogP contribution in [-0.2, 0) is 5.41 Å². The zero-order valence-electron chi connectivity index (χ0n) is 13.5. The summed E-state index contributed by atoms with van der Waals surface area (Å²) >= 11 is 3.67. The molecule has 1 aromatic carbocycles. The number of hydrogen-bond acceptors (Lipinski definition) is 1. The van der Waals surface area contributed by atoms with Crippen molar-refractivity contribution in [1.82, 2.24) is 4.90 Å². The highest BCUT2D eigenvalue weighted by Crippen LogP contribution is 2.29. The number of nitrogens with zero attached hydrogens (tertiary/aromatic N) is 1. The van der Waals surface area contributed by atoms with E-state index in [1.54, 1.807) is 0 Å². The second-order valence-corrected chi connectivity index (χ2v) is 8.55. The zero-order valence-corrected chi connectivity index (χ0v) is 15.1. The van der Waals surface area contributed by atoms with Crippen molar-refractivity contribution in [2.24, 2.45) is 5.92 Å². The maximum atomic E-state index is 12.9. The quantitative estimate of drug-likeness (QED) is 0.711. The number of amides is 1. The summed E-state index contributed by atoms with van der Waals surface area (Å²) in [6.45, 7) is 10.4. The number of benzene rings is 1. The second-order valence-electron chi connectivity index (χ2n) is 7.10. The highest BCUT2D eigenvalue weighted by atomic mass is 79.9. The Kier molecular flexibility index (Phi) is 5.13. The van der Waals surface area contributed by atoms with Crippen LogP contribution in [0.4, 0.5) is 0 Å². The van der Waals surface area contributed by atoms with Gasteiger partial charge in [-0.25, -0.2) is 0 Å². The van der Waals surface area contributed by atoms with Gasteiger partial charge in [0.2, 0.25) is 0 Å². The molecule has 116 valence electrons. The second kappa shape index (κ2) is 6.51. The van der Waals surface area contributed by atoms with Crippen molar-refractivity contribution in [2.75, 3.05) is 13.1 Å². The Hall–Kier alpha value is -0.830. The van der Waals surface area contributed by atoms with Gasteiger partial charge in [0.05, 0.1) is 0 Å². The van der Waals surface area contributed by atoms with Gasteiger partial charge < -0.3 is 4.90 Å². The summed E-state index contributed by atoms with van der Waals surface area (Å²) in [4.78, 5) is 15.4. The number of carbonyl (C=O) groups excluding carboxylic acids is 1. The topological polar surface area (TPSA) is 20.3 Å². The average Bonchev–Trinajstić information content (AvgIpc) is 2.45. The Morgan fingerprint density at radius 3 is 2.33 bits per heavy atom. The van der Waals surface area contributed by atoms with Gasteiger partial charge in [0.1, 0.15) is 0 Å². The van der Waals surface area contributed by atoms with Crippen LogP contribution in [0.25, 0.3) is 0 Å². The summed E-state index contributed by atoms with van der Waals surface area (Å²) in [5, 5.41) is 0. The van der Waals surface area contributed by atoms with E-state index in [-0.39, 0.29) is 11.3 Å². The van der Waals surface area contributed by atoms with Crippen LogP contribution in [0.15, 0.2) is 24.3 Å². The van der Waals surface area contributed by atoms with Crippen LogP contribution >= 0.6 is 15.9 Å². The van der Waals surface area contributed by atoms with Crippen LogP contribution in [0.1, 0.15) is 56.5 Å². The van der Waals surface area contributed by atoms with Gasteiger partial charge in [-0.05, 0) is 35.8 Å². The summed E-state index contributed by atoms with van der Waals surface area (Å²) in [7, 11) is 0. The lowest BCUT2D eigenvalue weighted by molar-refractivity contribution is 0.0689. The van der Waals surface area contributed by atoms with E-state index in [4.69, 9.17) is 0 Å². The van der Waals surface area contributed by atoms with E-state index < -0.39 is 0 Å². The molecule has 0 saturated carbocycles. The Labute approximate surface area is 137 Å². The molecule has 1 aromatic rings. The molecule has 2 nitrogen and oxygen atoms in total. The maximum Gasteiger partial charge on any atom is 0.254 e. The van der Waals surface area contributed by atoms with Gasteiger partial charge in [-0.2, -0.15) is 0 Å². The van der Waals surface area contributed by atoms with Gasteiger partial charge in [-0.1, -0.05) is 61.8 Å². The molecule has 1 aliphatic rings. The molecule has 1 amide bonds. The lowest BCUT2D eigenvalue weighted by atomic mass is 9.83. The summed E-state index contributed by atoms with van der Waals surface area (Å²) in [5.74, 6) is 0.883. The smallest absolute Gasteiger partial charge is 0.254 e. The van der Waals surface area contributed by atoms with E-state index in [1.165, 1.54) is 0 Å². The predicted molar refractivity (Wildman–Crippen MR) is 92.2 cm³/mol. The molecular formula is C18H26BrNO. The van der Waals surface area contributed by atoms with Crippen molar-refractivity contribution in [3.05, 3.63) is 35.4 Å². The molecule has 0 bridgehead atoms. The third-order valence-corrected chi connectivity index (χ3v) is 5.19. The van der Waals surface area contributed by atoms with Gasteiger partial charge in [-0.15, -0.1) is 0 Å². The van der Waals surface area contributed by atoms with Gasteiger partial charge in [0.25, 0.3) is 5.91 Å². The monoisotopic (exact) mass is 351 g/mol. The van der Waals surface area contributed by atoms with E-state index in [0.717, 1.165) is 37.1 Å². The minimum Gasteiger partial charge on any atom is -0.339 e. The van der Waals surface area contributed by atoms with E-state index in [0.29, 0.717) is 10.7 Å². The molecule has 0 N–H and O–H groups in total. The number of piperidine rings is 1. The minimum atomic E-state index is -0.00501. The van der Waals surface area contributed by atoms with E-state index in [9.17, 15) is 4.79 Å². The van der Waals surface area contributed by atoms with Crippen LogP contribution < -0.4 is 0 Å². The molecule has 0 aliphatic carbocycles. The van der Waals surface area contributed by atoms with Crippen LogP contribution in [0, 0.1) is 5.92 Å². The zero-order chi connectivity index (χ0) is 15.6. The molecule has 21 heavy (non-hydrogen) atoms. The molecule has 3 heteroatoms. The predicted octanol–water partition coefficient (Wildman–Crippen LogP) is 4.62. The summed E-state index contributed by atoms with van der Waals surface area (Å²) < 4.78 is 0. The van der Waals surface area contributed by atoms with Crippen molar-refractivity contribution in [2.45, 2.75) is 50.8 Å². The van der Waals surface area contributed by atoms with Crippen LogP contribution in [-0.4, -0.2) is 28.7 Å². The molecule has 1 saturated heterocycles. The molecule has 2 rings (SSSR count). The molecule has 0 aromatic heterocycles. The first-order valence-corrected chi connectivity index (χ1v) is 8.75. The largest absolute Gasteiger partial charge is 0.339 e. The molecule has 1 heterocycles. The summed E-state index contributed by atoms with van der Waals surface area (Å²) in [6, 6.07) is 8.05. The lowest BCUT2D eigenvalue weighted by Gasteiger charge is -2.34. The average molecular weight is 352 g/mol. The Bertz CT molecular complexity index is 496. The fraction of sp³-hybridized carbons (Fsp3) is 0.611. The third-order valence-electron chi connectivity index (χ3n) is 4.44. The highest BCUT2D eigenvalue weighted by molar-refractivity contribution is 9.09. The lowest BCUT2D eigenvalue weighted by Crippen LogP contribution is -2.40. The van der Waals surface area contributed by atoms with E-state index in [2.05, 4.69) is 49.7 Å². The molecule has 1 aliphatic heterocycles. The molecule has 0 spiro atoms. The normalized spacial score (nSPS) is 18.6. The van der Waals surface area contributed by atoms with Gasteiger partial charge in [0, 0.05) is 23.5 Å². The van der Waals surface area contributed by atoms with Crippen LogP contribution in [0.2, 0.25) is 0 Å². The van der Waals surface area contributed by atoms with Crippen LogP contribution in [0.5, 0.6) is 0 Å². The van der Waals surface area contributed by atoms with E-state index >= 15 is 0 Å². The fourth-order valence-electron chi connectivity index (χ4n) is 3.06. The third kappa shape index (κ3) is 3.88. The summed E-state index contributed by atoms with van der Waals surface area (Å²) in [5.41, 5.74) is 2.01. The molecule has 1 unspecified atom stereocenters. The standard InChI is InChI=1S/C18H26BrNO/c1-13(19)14-9-11-20(12-10-14)17(21)15-7-5-6-8-16(15)18(2,3)4/h5-8,13-14H,9-12H2,1-4H3. The molecule has 0 radical (unpaired) electrons. The highest BCUT2D eigenvalue weighted by Gasteiger charge is 2.28. The molecular weight excluding hydrogens is 326 g/mol. The fourth-order valence-corrected chi connectivity index (χ4v) is 3.58. The SMILES string of the molecule is CC(Br)C1CCN(C(=O)c2ccccc2C(C)(C)C)CC1. The maximum absolute atomic E-state index is 12.9. The Morgan fingerprint density at radius 1 is 1.24 bits per heavy atom. The van der Waals surface area contributed by atoms with Crippen molar-refractivity contribution >= 4 is 21.8 Å². The van der Waals surface area contributed by atoms with Gasteiger partial charge >= 0.3 is 0 Å². The van der Waals surface area contributed by atoms with Gasteiger partial charge in [-0.3, -0.25) is 4.79 Å². The Morgan fingerprint density at radius 2 is 1.81 bits per heavy atom. The van der Waals surface area contributed by atoms with Crippen molar-refractivity contribution in [3.8, 4) is 0 Å². The number of carbonyl (C=O) groups is 1. The number of alkyl halides is 1. The van der Waals surface area contributed by atoms with Gasteiger partial charge in [0.15, 0.2) is 0 Å². The van der Waals surface area contributed by atoms with E-state index in [1.807, 2.05) is 23.1 Å². The molecule has 1 atom stereocenters. The molecule has 1 fully saturated rings. The van der Waals surface area contributed by atoms with Crippen molar-refractivity contribution < 1.29 is 4.79 Å². The first-order valence-electron chi connectivity index (χ1n) is 7.83. The Balaban J connectivity index is 2.15. The number of hydrogen-bond donors (Lipinski definition) is 0. The first kappa shape index (κ1) is 16.5.